The van der Waals surface area contributed by atoms with Crippen LogP contribution in [-0.2, 0) is 4.79 Å². The van der Waals surface area contributed by atoms with Gasteiger partial charge < -0.3 is 15.2 Å². The smallest absolute Gasteiger partial charge is 0.257 e. The van der Waals surface area contributed by atoms with E-state index in [9.17, 15) is 4.79 Å². The fourth-order valence-corrected chi connectivity index (χ4v) is 2.19. The highest BCUT2D eigenvalue weighted by Gasteiger charge is 2.05. The predicted octanol–water partition coefficient (Wildman–Crippen LogP) is 1.17. The molecule has 20 heavy (non-hydrogen) atoms. The summed E-state index contributed by atoms with van der Waals surface area (Å²) in [4.78, 5) is 11.5. The van der Waals surface area contributed by atoms with Crippen LogP contribution in [0.25, 0.3) is 0 Å². The number of ether oxygens (including phenoxy) is 1. The second kappa shape index (κ2) is 10.1. The average molecular weight is 294 g/mol. The Kier molecular flexibility index (Phi) is 8.27. The molecule has 0 spiro atoms. The first kappa shape index (κ1) is 16.3. The van der Waals surface area contributed by atoms with Crippen LogP contribution in [0.1, 0.15) is 12.0 Å². The molecule has 0 radical (unpaired) electrons. The van der Waals surface area contributed by atoms with Crippen LogP contribution in [0, 0.1) is 11.3 Å². The maximum Gasteiger partial charge on any atom is 0.257 e. The van der Waals surface area contributed by atoms with Crippen molar-refractivity contribution in [2.24, 2.45) is 0 Å². The van der Waals surface area contributed by atoms with Crippen molar-refractivity contribution in [1.29, 1.82) is 5.26 Å². The zero-order chi connectivity index (χ0) is 14.6. The summed E-state index contributed by atoms with van der Waals surface area (Å²) in [5, 5.41) is 20.2. The first-order chi connectivity index (χ1) is 9.77. The number of nitriles is 1. The number of amides is 1. The van der Waals surface area contributed by atoms with E-state index in [0.29, 0.717) is 17.9 Å². The van der Waals surface area contributed by atoms with Crippen LogP contribution in [0.15, 0.2) is 24.3 Å². The van der Waals surface area contributed by atoms with Gasteiger partial charge in [0.15, 0.2) is 6.61 Å². The number of nitrogens with zero attached hydrogens (tertiary/aromatic N) is 1. The summed E-state index contributed by atoms with van der Waals surface area (Å²) in [6.45, 7) is 0.670. The molecule has 1 aromatic rings. The lowest BCUT2D eigenvalue weighted by Gasteiger charge is -2.08. The number of rotatable bonds is 9. The molecule has 0 unspecified atom stereocenters. The summed E-state index contributed by atoms with van der Waals surface area (Å²) in [6, 6.07) is 8.82. The van der Waals surface area contributed by atoms with Gasteiger partial charge in [-0.1, -0.05) is 12.1 Å². The summed E-state index contributed by atoms with van der Waals surface area (Å²) in [7, 11) is 0. The maximum atomic E-state index is 11.5. The molecule has 0 aliphatic heterocycles. The van der Waals surface area contributed by atoms with Gasteiger partial charge in [0, 0.05) is 18.9 Å². The molecule has 0 saturated heterocycles. The number of thioether (sulfide) groups is 1. The highest BCUT2D eigenvalue weighted by Crippen LogP contribution is 2.16. The van der Waals surface area contributed by atoms with E-state index in [1.807, 2.05) is 6.07 Å². The van der Waals surface area contributed by atoms with Gasteiger partial charge >= 0.3 is 0 Å². The molecule has 0 aromatic heterocycles. The minimum absolute atomic E-state index is 0.0972. The second-order valence-electron chi connectivity index (χ2n) is 3.94. The van der Waals surface area contributed by atoms with Crippen LogP contribution in [0.2, 0.25) is 0 Å². The maximum absolute atomic E-state index is 11.5. The number of aliphatic hydroxyl groups is 1. The zero-order valence-corrected chi connectivity index (χ0v) is 12.0. The number of hydrogen-bond donors (Lipinski definition) is 2. The number of carbonyl (C=O) groups excluding carboxylic acids is 1. The van der Waals surface area contributed by atoms with E-state index in [0.717, 1.165) is 17.9 Å². The zero-order valence-electron chi connectivity index (χ0n) is 11.2. The summed E-state index contributed by atoms with van der Waals surface area (Å²) in [5.41, 5.74) is 0.417. The molecule has 6 heteroatoms. The number of para-hydroxylation sites is 1. The van der Waals surface area contributed by atoms with E-state index < -0.39 is 0 Å². The van der Waals surface area contributed by atoms with Crippen LogP contribution in [0.5, 0.6) is 5.75 Å². The molecule has 0 aliphatic rings. The van der Waals surface area contributed by atoms with E-state index in [-0.39, 0.29) is 19.1 Å². The lowest BCUT2D eigenvalue weighted by Crippen LogP contribution is -2.30. The van der Waals surface area contributed by atoms with Crippen molar-refractivity contribution in [2.45, 2.75) is 6.42 Å². The van der Waals surface area contributed by atoms with Crippen LogP contribution in [-0.4, -0.2) is 42.3 Å². The second-order valence-corrected chi connectivity index (χ2v) is 5.16. The molecule has 2 N–H and O–H groups in total. The monoisotopic (exact) mass is 294 g/mol. The summed E-state index contributed by atoms with van der Waals surface area (Å²) < 4.78 is 5.31. The van der Waals surface area contributed by atoms with Crippen molar-refractivity contribution < 1.29 is 14.6 Å². The highest BCUT2D eigenvalue weighted by atomic mass is 32.2. The van der Waals surface area contributed by atoms with E-state index in [2.05, 4.69) is 5.32 Å². The topological polar surface area (TPSA) is 82.3 Å². The van der Waals surface area contributed by atoms with Crippen molar-refractivity contribution in [3.63, 3.8) is 0 Å². The fraction of sp³-hybridized carbons (Fsp3) is 0.429. The molecule has 1 rings (SSSR count). The van der Waals surface area contributed by atoms with E-state index in [1.54, 1.807) is 36.0 Å². The summed E-state index contributed by atoms with van der Waals surface area (Å²) >= 11 is 1.68. The lowest BCUT2D eigenvalue weighted by molar-refractivity contribution is -0.122. The molecule has 1 amide bonds. The Morgan fingerprint density at radius 1 is 1.40 bits per heavy atom. The van der Waals surface area contributed by atoms with Gasteiger partial charge in [0.2, 0.25) is 0 Å². The van der Waals surface area contributed by atoms with E-state index in [1.165, 1.54) is 0 Å². The van der Waals surface area contributed by atoms with Crippen LogP contribution < -0.4 is 10.1 Å². The third-order valence-electron chi connectivity index (χ3n) is 2.38. The van der Waals surface area contributed by atoms with Crippen molar-refractivity contribution in [3.05, 3.63) is 29.8 Å². The minimum atomic E-state index is -0.208. The first-order valence-corrected chi connectivity index (χ1v) is 7.50. The molecule has 0 aliphatic carbocycles. The molecular formula is C14H18N2O3S. The molecule has 0 saturated carbocycles. The van der Waals surface area contributed by atoms with Gasteiger partial charge in [0.05, 0.1) is 5.56 Å². The molecule has 0 heterocycles. The minimum Gasteiger partial charge on any atom is -0.482 e. The SMILES string of the molecule is N#Cc1ccccc1OCC(=O)NCCSCCCO. The third-order valence-corrected chi connectivity index (χ3v) is 3.45. The normalized spacial score (nSPS) is 9.80. The Bertz CT molecular complexity index is 460. The number of benzene rings is 1. The molecule has 5 nitrogen and oxygen atoms in total. The van der Waals surface area contributed by atoms with Gasteiger partial charge in [0.1, 0.15) is 11.8 Å². The summed E-state index contributed by atoms with van der Waals surface area (Å²) in [6.07, 6.45) is 0.771. The first-order valence-electron chi connectivity index (χ1n) is 6.35. The van der Waals surface area contributed by atoms with Gasteiger partial charge in [-0.25, -0.2) is 0 Å². The van der Waals surface area contributed by atoms with Crippen molar-refractivity contribution in [1.82, 2.24) is 5.32 Å². The molecular weight excluding hydrogens is 276 g/mol. The van der Waals surface area contributed by atoms with Crippen molar-refractivity contribution in [3.8, 4) is 11.8 Å². The van der Waals surface area contributed by atoms with Gasteiger partial charge in [-0.3, -0.25) is 4.79 Å². The van der Waals surface area contributed by atoms with Gasteiger partial charge in [-0.05, 0) is 24.3 Å². The number of aliphatic hydroxyl groups excluding tert-OH is 1. The Balaban J connectivity index is 2.18. The summed E-state index contributed by atoms with van der Waals surface area (Å²) in [5.74, 6) is 1.90. The number of carbonyl (C=O) groups is 1. The quantitative estimate of drug-likeness (QED) is 0.668. The number of hydrogen-bond acceptors (Lipinski definition) is 5. The Morgan fingerprint density at radius 3 is 2.95 bits per heavy atom. The van der Waals surface area contributed by atoms with Gasteiger partial charge in [0.25, 0.3) is 5.91 Å². The molecule has 0 atom stereocenters. The number of nitrogens with one attached hydrogen (secondary N) is 1. The lowest BCUT2D eigenvalue weighted by atomic mass is 10.2. The van der Waals surface area contributed by atoms with Crippen LogP contribution >= 0.6 is 11.8 Å². The van der Waals surface area contributed by atoms with E-state index in [4.69, 9.17) is 15.1 Å². The highest BCUT2D eigenvalue weighted by molar-refractivity contribution is 7.99. The standard InChI is InChI=1S/C14H18N2O3S/c15-10-12-4-1-2-5-13(12)19-11-14(18)16-6-9-20-8-3-7-17/h1-2,4-5,17H,3,6-9,11H2,(H,16,18). The predicted molar refractivity (Wildman–Crippen MR) is 78.7 cm³/mol. The molecule has 1 aromatic carbocycles. The van der Waals surface area contributed by atoms with Crippen molar-refractivity contribution >= 4 is 17.7 Å². The van der Waals surface area contributed by atoms with Gasteiger partial charge in [-0.15, -0.1) is 0 Å². The Labute approximate surface area is 122 Å². The van der Waals surface area contributed by atoms with Crippen LogP contribution in [0.3, 0.4) is 0 Å². The average Bonchev–Trinajstić information content (AvgIpc) is 2.49. The van der Waals surface area contributed by atoms with Gasteiger partial charge in [-0.2, -0.15) is 17.0 Å². The molecule has 0 bridgehead atoms. The molecule has 0 fully saturated rings. The molecule has 108 valence electrons. The van der Waals surface area contributed by atoms with E-state index >= 15 is 0 Å². The fourth-order valence-electron chi connectivity index (χ4n) is 1.41. The Hall–Kier alpha value is -1.71. The third kappa shape index (κ3) is 6.45. The van der Waals surface area contributed by atoms with Crippen molar-refractivity contribution in [2.75, 3.05) is 31.3 Å². The van der Waals surface area contributed by atoms with Crippen LogP contribution in [0.4, 0.5) is 0 Å². The Morgan fingerprint density at radius 2 is 2.20 bits per heavy atom. The largest absolute Gasteiger partial charge is 0.482 e.